The van der Waals surface area contributed by atoms with E-state index in [1.807, 2.05) is 0 Å². The van der Waals surface area contributed by atoms with Crippen LogP contribution in [0.4, 0.5) is 0 Å². The van der Waals surface area contributed by atoms with E-state index in [2.05, 4.69) is 10.3 Å². The molecule has 1 aromatic heterocycles. The molecule has 3 rings (SSSR count). The number of aromatic amines is 1. The van der Waals surface area contributed by atoms with Gasteiger partial charge in [0.15, 0.2) is 11.8 Å². The predicted octanol–water partition coefficient (Wildman–Crippen LogP) is -3.04. The zero-order chi connectivity index (χ0) is 14.7. The van der Waals surface area contributed by atoms with Gasteiger partial charge in [0.2, 0.25) is 0 Å². The summed E-state index contributed by atoms with van der Waals surface area (Å²) in [6.45, 7) is 0.808. The van der Waals surface area contributed by atoms with Crippen molar-refractivity contribution in [3.63, 3.8) is 0 Å². The second kappa shape index (κ2) is 4.01. The van der Waals surface area contributed by atoms with E-state index in [-0.39, 0.29) is 5.56 Å². The minimum atomic E-state index is -1.77. The van der Waals surface area contributed by atoms with Crippen molar-refractivity contribution in [2.45, 2.75) is 30.9 Å². The number of nitrogens with zero attached hydrogens (tertiary/aromatic N) is 1. The summed E-state index contributed by atoms with van der Waals surface area (Å²) in [4.78, 5) is 36.9. The SMILES string of the molecule is Cc1cn([C@@H]2OC3(CO)C(=O)NC2C3O)c(=O)[nH]c1=O. The van der Waals surface area contributed by atoms with E-state index in [4.69, 9.17) is 4.74 Å². The third-order valence-corrected chi connectivity index (χ3v) is 3.79. The van der Waals surface area contributed by atoms with Crippen molar-refractivity contribution in [1.82, 2.24) is 14.9 Å². The predicted molar refractivity (Wildman–Crippen MR) is 63.9 cm³/mol. The van der Waals surface area contributed by atoms with Gasteiger partial charge < -0.3 is 20.3 Å². The lowest BCUT2D eigenvalue weighted by Gasteiger charge is -2.29. The first-order valence-electron chi connectivity index (χ1n) is 6.00. The largest absolute Gasteiger partial charge is 0.393 e. The highest BCUT2D eigenvalue weighted by atomic mass is 16.6. The van der Waals surface area contributed by atoms with Gasteiger partial charge in [-0.05, 0) is 6.92 Å². The first-order chi connectivity index (χ1) is 9.40. The molecule has 2 aliphatic heterocycles. The highest BCUT2D eigenvalue weighted by molar-refractivity contribution is 5.90. The van der Waals surface area contributed by atoms with Crippen LogP contribution >= 0.6 is 0 Å². The Kier molecular flexibility index (Phi) is 2.61. The molecule has 1 amide bonds. The third kappa shape index (κ3) is 1.45. The van der Waals surface area contributed by atoms with Crippen molar-refractivity contribution in [3.05, 3.63) is 32.6 Å². The van der Waals surface area contributed by atoms with Crippen LogP contribution in [-0.4, -0.2) is 50.0 Å². The number of aliphatic hydroxyl groups is 2. The maximum absolute atomic E-state index is 11.8. The number of carbonyl (C=O) groups is 1. The van der Waals surface area contributed by atoms with Crippen molar-refractivity contribution >= 4 is 5.91 Å². The Morgan fingerprint density at radius 3 is 2.75 bits per heavy atom. The molecule has 9 heteroatoms. The number of nitrogens with one attached hydrogen (secondary N) is 2. The standard InChI is InChI=1S/C11H13N3O6/c1-4-2-14(10(19)13-7(4)17)8-5-6(16)11(3-15,20-8)9(18)12-5/h2,5-6,8,15-16H,3H2,1H3,(H,12,18)(H,13,17,19)/t5?,6?,8-,11?/m1/s1. The lowest BCUT2D eigenvalue weighted by Crippen LogP contribution is -2.52. The number of aryl methyl sites for hydroxylation is 1. The first-order valence-corrected chi connectivity index (χ1v) is 6.00. The molecule has 2 bridgehead atoms. The van der Waals surface area contributed by atoms with Crippen molar-refractivity contribution in [2.24, 2.45) is 0 Å². The average Bonchev–Trinajstić information content (AvgIpc) is 2.81. The first kappa shape index (κ1) is 13.0. The van der Waals surface area contributed by atoms with Gasteiger partial charge in [-0.1, -0.05) is 0 Å². The summed E-state index contributed by atoms with van der Waals surface area (Å²) in [5, 5.41) is 21.8. The number of carbonyl (C=O) groups excluding carboxylic acids is 1. The van der Waals surface area contributed by atoms with E-state index >= 15 is 0 Å². The molecular formula is C11H13N3O6. The Morgan fingerprint density at radius 2 is 2.15 bits per heavy atom. The molecule has 3 heterocycles. The van der Waals surface area contributed by atoms with Gasteiger partial charge in [0.1, 0.15) is 12.1 Å². The van der Waals surface area contributed by atoms with Crippen LogP contribution in [0.15, 0.2) is 15.8 Å². The van der Waals surface area contributed by atoms with Crippen LogP contribution in [0.5, 0.6) is 0 Å². The quantitative estimate of drug-likeness (QED) is 0.456. The van der Waals surface area contributed by atoms with E-state index in [1.165, 1.54) is 13.1 Å². The van der Waals surface area contributed by atoms with Gasteiger partial charge in [-0.2, -0.15) is 0 Å². The van der Waals surface area contributed by atoms with E-state index in [9.17, 15) is 24.6 Å². The number of H-pyrrole nitrogens is 1. The number of fused-ring (bicyclic) bond motifs is 2. The Bertz CT molecular complexity index is 694. The molecule has 20 heavy (non-hydrogen) atoms. The number of aliphatic hydroxyl groups excluding tert-OH is 2. The molecule has 0 aromatic carbocycles. The summed E-state index contributed by atoms with van der Waals surface area (Å²) in [5.41, 5.74) is -2.71. The zero-order valence-electron chi connectivity index (χ0n) is 10.5. The van der Waals surface area contributed by atoms with Crippen LogP contribution in [0.1, 0.15) is 11.8 Å². The maximum Gasteiger partial charge on any atom is 0.330 e. The molecule has 108 valence electrons. The molecular weight excluding hydrogens is 270 g/mol. The average molecular weight is 283 g/mol. The minimum Gasteiger partial charge on any atom is -0.393 e. The van der Waals surface area contributed by atoms with Gasteiger partial charge >= 0.3 is 5.69 Å². The monoisotopic (exact) mass is 283 g/mol. The molecule has 2 fully saturated rings. The molecule has 4 N–H and O–H groups in total. The number of morpholine rings is 1. The summed E-state index contributed by atoms with van der Waals surface area (Å²) < 4.78 is 6.50. The number of rotatable bonds is 2. The van der Waals surface area contributed by atoms with Gasteiger partial charge in [-0.15, -0.1) is 0 Å². The fourth-order valence-corrected chi connectivity index (χ4v) is 2.62. The molecule has 0 radical (unpaired) electrons. The Labute approximate surface area is 111 Å². The highest BCUT2D eigenvalue weighted by Crippen LogP contribution is 2.41. The van der Waals surface area contributed by atoms with Crippen LogP contribution in [0.3, 0.4) is 0 Å². The van der Waals surface area contributed by atoms with Gasteiger partial charge in [-0.25, -0.2) is 4.79 Å². The maximum atomic E-state index is 11.8. The second-order valence-corrected chi connectivity index (χ2v) is 4.98. The lowest BCUT2D eigenvalue weighted by molar-refractivity contribution is -0.169. The Balaban J connectivity index is 2.07. The van der Waals surface area contributed by atoms with Gasteiger partial charge in [0.05, 0.1) is 6.61 Å². The fraction of sp³-hybridized carbons (Fsp3) is 0.545. The van der Waals surface area contributed by atoms with Crippen molar-refractivity contribution in [2.75, 3.05) is 6.61 Å². The van der Waals surface area contributed by atoms with Crippen LogP contribution in [0.25, 0.3) is 0 Å². The summed E-state index contributed by atoms with van der Waals surface area (Å²) in [5.74, 6) is -0.622. The topological polar surface area (TPSA) is 134 Å². The molecule has 0 saturated carbocycles. The fourth-order valence-electron chi connectivity index (χ4n) is 2.62. The Hall–Kier alpha value is -1.97. The van der Waals surface area contributed by atoms with Gasteiger partial charge in [-0.3, -0.25) is 19.1 Å². The van der Waals surface area contributed by atoms with Crippen LogP contribution in [0.2, 0.25) is 0 Å². The van der Waals surface area contributed by atoms with E-state index < -0.39 is 47.7 Å². The third-order valence-electron chi connectivity index (χ3n) is 3.79. The second-order valence-electron chi connectivity index (χ2n) is 4.98. The molecule has 9 nitrogen and oxygen atoms in total. The summed E-state index contributed by atoms with van der Waals surface area (Å²) >= 11 is 0. The number of aromatic nitrogens is 2. The summed E-state index contributed by atoms with van der Waals surface area (Å²) in [7, 11) is 0. The van der Waals surface area contributed by atoms with Crippen molar-refractivity contribution in [1.29, 1.82) is 0 Å². The highest BCUT2D eigenvalue weighted by Gasteiger charge is 2.66. The number of hydrogen-bond acceptors (Lipinski definition) is 6. The van der Waals surface area contributed by atoms with Crippen LogP contribution in [0, 0.1) is 6.92 Å². The summed E-state index contributed by atoms with van der Waals surface area (Å²) in [6, 6.07) is -0.863. The van der Waals surface area contributed by atoms with E-state index in [1.54, 1.807) is 0 Å². The van der Waals surface area contributed by atoms with Crippen LogP contribution in [-0.2, 0) is 9.53 Å². The van der Waals surface area contributed by atoms with Crippen molar-refractivity contribution < 1.29 is 19.7 Å². The molecule has 0 spiro atoms. The molecule has 3 unspecified atom stereocenters. The summed E-state index contributed by atoms with van der Waals surface area (Å²) in [6.07, 6.45) is -0.974. The molecule has 0 aliphatic carbocycles. The molecule has 2 saturated heterocycles. The van der Waals surface area contributed by atoms with Crippen molar-refractivity contribution in [3.8, 4) is 0 Å². The normalized spacial score (nSPS) is 35.4. The lowest BCUT2D eigenvalue weighted by atomic mass is 10.00. The van der Waals surface area contributed by atoms with E-state index in [0.29, 0.717) is 0 Å². The molecule has 2 aliphatic rings. The number of ether oxygens (including phenoxy) is 1. The van der Waals surface area contributed by atoms with E-state index in [0.717, 1.165) is 4.57 Å². The Morgan fingerprint density at radius 1 is 1.45 bits per heavy atom. The number of amides is 1. The molecule has 4 atom stereocenters. The number of hydrogen-bond donors (Lipinski definition) is 4. The smallest absolute Gasteiger partial charge is 0.330 e. The zero-order valence-corrected chi connectivity index (χ0v) is 10.5. The molecule has 1 aromatic rings. The minimum absolute atomic E-state index is 0.287. The van der Waals surface area contributed by atoms with Gasteiger partial charge in [0, 0.05) is 11.8 Å². The van der Waals surface area contributed by atoms with Gasteiger partial charge in [0.25, 0.3) is 11.5 Å². The van der Waals surface area contributed by atoms with Crippen LogP contribution < -0.4 is 16.6 Å².